The second-order valence-electron chi connectivity index (χ2n) is 5.59. The Balaban J connectivity index is 2.11. The average molecular weight is 377 g/mol. The minimum atomic E-state index is -3.51. The van der Waals surface area contributed by atoms with E-state index in [4.69, 9.17) is 0 Å². The molecule has 136 valence electrons. The number of aromatic nitrogens is 1. The Kier molecular flexibility index (Phi) is 5.84. The van der Waals surface area contributed by atoms with Crippen LogP contribution < -0.4 is 4.90 Å². The lowest BCUT2D eigenvalue weighted by molar-refractivity contribution is 0.387. The molecule has 0 aliphatic carbocycles. The van der Waals surface area contributed by atoms with Gasteiger partial charge in [0.25, 0.3) is 0 Å². The van der Waals surface area contributed by atoms with E-state index < -0.39 is 20.0 Å². The van der Waals surface area contributed by atoms with Crippen molar-refractivity contribution in [2.75, 3.05) is 50.4 Å². The molecule has 24 heavy (non-hydrogen) atoms. The van der Waals surface area contributed by atoms with E-state index in [0.29, 0.717) is 45.1 Å². The minimum absolute atomic E-state index is 0.171. The molecule has 0 aromatic carbocycles. The van der Waals surface area contributed by atoms with Crippen molar-refractivity contribution < 1.29 is 16.8 Å². The Bertz CT molecular complexity index is 750. The van der Waals surface area contributed by atoms with Crippen molar-refractivity contribution in [3.63, 3.8) is 0 Å². The van der Waals surface area contributed by atoms with Crippen molar-refractivity contribution >= 4 is 25.9 Å². The molecule has 1 fully saturated rings. The molecule has 2 rings (SSSR count). The van der Waals surface area contributed by atoms with E-state index in [2.05, 4.69) is 4.98 Å². The molecule has 8 nitrogen and oxygen atoms in total. The van der Waals surface area contributed by atoms with E-state index in [1.165, 1.54) is 21.1 Å². The highest BCUT2D eigenvalue weighted by Crippen LogP contribution is 2.19. The summed E-state index contributed by atoms with van der Waals surface area (Å²) < 4.78 is 50.7. The Morgan fingerprint density at radius 1 is 1.04 bits per heavy atom. The van der Waals surface area contributed by atoms with Crippen LogP contribution in [0.5, 0.6) is 0 Å². The quantitative estimate of drug-likeness (QED) is 0.704. The summed E-state index contributed by atoms with van der Waals surface area (Å²) in [6.07, 6.45) is 2.57. The number of rotatable bonds is 6. The third-order valence-electron chi connectivity index (χ3n) is 4.10. The largest absolute Gasteiger partial charge is 0.354 e. The van der Waals surface area contributed by atoms with Gasteiger partial charge >= 0.3 is 0 Å². The fraction of sp³-hybridized carbons (Fsp3) is 0.643. The highest BCUT2D eigenvalue weighted by Gasteiger charge is 2.25. The monoisotopic (exact) mass is 376 g/mol. The zero-order valence-corrected chi connectivity index (χ0v) is 15.8. The Hall–Kier alpha value is -1.23. The van der Waals surface area contributed by atoms with Gasteiger partial charge in [0.05, 0.1) is 6.26 Å². The lowest BCUT2D eigenvalue weighted by atomic mass is 10.3. The summed E-state index contributed by atoms with van der Waals surface area (Å²) in [6, 6.07) is 3.23. The molecule has 1 aliphatic rings. The summed E-state index contributed by atoms with van der Waals surface area (Å²) >= 11 is 0. The van der Waals surface area contributed by atoms with Gasteiger partial charge in [-0.3, -0.25) is 0 Å². The van der Waals surface area contributed by atoms with Gasteiger partial charge in [0, 0.05) is 45.5 Å². The minimum Gasteiger partial charge on any atom is -0.354 e. The molecule has 10 heteroatoms. The molecular formula is C14H24N4O4S2. The molecule has 0 saturated carbocycles. The number of hydrogen-bond acceptors (Lipinski definition) is 6. The molecule has 0 radical (unpaired) electrons. The van der Waals surface area contributed by atoms with Crippen LogP contribution in [0.25, 0.3) is 0 Å². The summed E-state index contributed by atoms with van der Waals surface area (Å²) in [6.45, 7) is 6.28. The summed E-state index contributed by atoms with van der Waals surface area (Å²) in [5.74, 6) is 0.654. The van der Waals surface area contributed by atoms with Crippen LogP contribution in [-0.4, -0.2) is 76.0 Å². The first-order chi connectivity index (χ1) is 11.2. The highest BCUT2D eigenvalue weighted by molar-refractivity contribution is 7.89. The normalized spacial score (nSPS) is 17.4. The van der Waals surface area contributed by atoms with Crippen LogP contribution in [0.1, 0.15) is 13.8 Å². The summed E-state index contributed by atoms with van der Waals surface area (Å²) in [4.78, 5) is 6.38. The summed E-state index contributed by atoms with van der Waals surface area (Å²) in [5, 5.41) is 0. The Morgan fingerprint density at radius 3 is 2.04 bits per heavy atom. The van der Waals surface area contributed by atoms with Crippen molar-refractivity contribution in [2.45, 2.75) is 18.7 Å². The van der Waals surface area contributed by atoms with Crippen LogP contribution in [-0.2, 0) is 20.0 Å². The maximum absolute atomic E-state index is 12.4. The van der Waals surface area contributed by atoms with E-state index >= 15 is 0 Å². The molecule has 1 aliphatic heterocycles. The molecule has 1 aromatic rings. The number of nitrogens with zero attached hydrogens (tertiary/aromatic N) is 4. The molecule has 0 unspecified atom stereocenters. The fourth-order valence-electron chi connectivity index (χ4n) is 2.67. The molecule has 0 N–H and O–H groups in total. The predicted molar refractivity (Wildman–Crippen MR) is 93.0 cm³/mol. The standard InChI is InChI=1S/C14H24N4O4S2/c1-4-17(5-2)24(21,22)13-6-7-14(15-12-13)16-8-10-18(11-9-16)23(3,19)20/h6-7,12H,4-5,8-11H2,1-3H3. The topological polar surface area (TPSA) is 90.9 Å². The van der Waals surface area contributed by atoms with Crippen molar-refractivity contribution in [1.82, 2.24) is 13.6 Å². The number of hydrogen-bond donors (Lipinski definition) is 0. The second-order valence-corrected chi connectivity index (χ2v) is 9.51. The summed E-state index contributed by atoms with van der Waals surface area (Å²) in [7, 11) is -6.68. The summed E-state index contributed by atoms with van der Waals surface area (Å²) in [5.41, 5.74) is 0. The van der Waals surface area contributed by atoms with Crippen LogP contribution in [0.2, 0.25) is 0 Å². The van der Waals surface area contributed by atoms with Gasteiger partial charge in [-0.25, -0.2) is 21.8 Å². The van der Waals surface area contributed by atoms with Gasteiger partial charge in [-0.15, -0.1) is 0 Å². The van der Waals surface area contributed by atoms with Crippen molar-refractivity contribution in [1.29, 1.82) is 0 Å². The molecule has 1 saturated heterocycles. The second kappa shape index (κ2) is 7.34. The van der Waals surface area contributed by atoms with Gasteiger partial charge in [0.15, 0.2) is 0 Å². The number of pyridine rings is 1. The molecule has 2 heterocycles. The van der Waals surface area contributed by atoms with E-state index in [1.54, 1.807) is 26.0 Å². The predicted octanol–water partition coefficient (Wildman–Crippen LogP) is 0.194. The molecular weight excluding hydrogens is 352 g/mol. The number of anilines is 1. The Labute approximate surface area is 144 Å². The third kappa shape index (κ3) is 4.05. The first-order valence-electron chi connectivity index (χ1n) is 7.86. The van der Waals surface area contributed by atoms with E-state index in [9.17, 15) is 16.8 Å². The third-order valence-corrected chi connectivity index (χ3v) is 7.43. The van der Waals surface area contributed by atoms with Crippen molar-refractivity contribution in [3.05, 3.63) is 18.3 Å². The zero-order chi connectivity index (χ0) is 18.0. The molecule has 0 atom stereocenters. The fourth-order valence-corrected chi connectivity index (χ4v) is 4.90. The number of piperazine rings is 1. The lowest BCUT2D eigenvalue weighted by Gasteiger charge is -2.34. The van der Waals surface area contributed by atoms with Gasteiger partial charge in [-0.2, -0.15) is 8.61 Å². The molecule has 0 bridgehead atoms. The van der Waals surface area contributed by atoms with E-state index in [0.717, 1.165) is 0 Å². The first-order valence-corrected chi connectivity index (χ1v) is 11.1. The van der Waals surface area contributed by atoms with E-state index in [-0.39, 0.29) is 4.90 Å². The molecule has 1 aromatic heterocycles. The van der Waals surface area contributed by atoms with Crippen LogP contribution >= 0.6 is 0 Å². The smallest absolute Gasteiger partial charge is 0.244 e. The van der Waals surface area contributed by atoms with Crippen molar-refractivity contribution in [2.24, 2.45) is 0 Å². The van der Waals surface area contributed by atoms with Gasteiger partial charge in [0.2, 0.25) is 20.0 Å². The van der Waals surface area contributed by atoms with Crippen LogP contribution in [0.15, 0.2) is 23.2 Å². The maximum Gasteiger partial charge on any atom is 0.244 e. The maximum atomic E-state index is 12.4. The van der Waals surface area contributed by atoms with Gasteiger partial charge < -0.3 is 4.90 Å². The van der Waals surface area contributed by atoms with E-state index in [1.807, 2.05) is 4.90 Å². The average Bonchev–Trinajstić information content (AvgIpc) is 2.55. The van der Waals surface area contributed by atoms with Crippen LogP contribution in [0.4, 0.5) is 5.82 Å². The Morgan fingerprint density at radius 2 is 1.62 bits per heavy atom. The molecule has 0 amide bonds. The first kappa shape index (κ1) is 19.1. The lowest BCUT2D eigenvalue weighted by Crippen LogP contribution is -2.48. The SMILES string of the molecule is CCN(CC)S(=O)(=O)c1ccc(N2CCN(S(C)(=O)=O)CC2)nc1. The van der Waals surface area contributed by atoms with Gasteiger partial charge in [-0.05, 0) is 12.1 Å². The van der Waals surface area contributed by atoms with Gasteiger partial charge in [-0.1, -0.05) is 13.8 Å². The van der Waals surface area contributed by atoms with Gasteiger partial charge in [0.1, 0.15) is 10.7 Å². The highest BCUT2D eigenvalue weighted by atomic mass is 32.2. The van der Waals surface area contributed by atoms with Crippen LogP contribution in [0, 0.1) is 0 Å². The van der Waals surface area contributed by atoms with Crippen LogP contribution in [0.3, 0.4) is 0 Å². The zero-order valence-electron chi connectivity index (χ0n) is 14.2. The number of sulfonamides is 2. The van der Waals surface area contributed by atoms with Crippen molar-refractivity contribution in [3.8, 4) is 0 Å². The molecule has 0 spiro atoms.